The second-order valence-electron chi connectivity index (χ2n) is 4.76. The van der Waals surface area contributed by atoms with Gasteiger partial charge in [0.05, 0.1) is 19.8 Å². The lowest BCUT2D eigenvalue weighted by Crippen LogP contribution is -1.99. The smallest absolute Gasteiger partial charge is 0.289 e. The van der Waals surface area contributed by atoms with Gasteiger partial charge in [0.15, 0.2) is 5.78 Å². The van der Waals surface area contributed by atoms with Gasteiger partial charge in [-0.3, -0.25) is 18.4 Å². The molecule has 0 aliphatic heterocycles. The summed E-state index contributed by atoms with van der Waals surface area (Å²) in [5.74, 6) is 0.0752. The molecular formula is C19H25O5P. The first-order valence-electron chi connectivity index (χ1n) is 8.24. The van der Waals surface area contributed by atoms with Crippen molar-refractivity contribution < 1.29 is 22.9 Å². The van der Waals surface area contributed by atoms with Crippen molar-refractivity contribution in [2.75, 3.05) is 19.8 Å². The van der Waals surface area contributed by atoms with Gasteiger partial charge in [0.1, 0.15) is 0 Å². The summed E-state index contributed by atoms with van der Waals surface area (Å²) in [5.41, 5.74) is 1.47. The minimum absolute atomic E-state index is 0.0752. The van der Waals surface area contributed by atoms with E-state index in [1.807, 2.05) is 60.7 Å². The number of hydrogen-bond donors (Lipinski definition) is 0. The molecule has 0 amide bonds. The number of carbonyl (C=O) groups is 1. The predicted octanol–water partition coefficient (Wildman–Crippen LogP) is 5.12. The van der Waals surface area contributed by atoms with E-state index in [-0.39, 0.29) is 5.78 Å². The maximum absolute atomic E-state index is 11.8. The van der Waals surface area contributed by atoms with Crippen LogP contribution in [-0.4, -0.2) is 25.6 Å². The Bertz CT molecular complexity index is 593. The highest BCUT2D eigenvalue weighted by Crippen LogP contribution is 2.48. The molecule has 6 heteroatoms. The van der Waals surface area contributed by atoms with Crippen LogP contribution in [0.25, 0.3) is 0 Å². The molecule has 0 aliphatic rings. The molecule has 25 heavy (non-hydrogen) atoms. The van der Waals surface area contributed by atoms with Gasteiger partial charge in [-0.1, -0.05) is 60.7 Å². The maximum Gasteiger partial charge on any atom is 0.474 e. The Morgan fingerprint density at radius 1 is 0.720 bits per heavy atom. The monoisotopic (exact) mass is 364 g/mol. The predicted molar refractivity (Wildman–Crippen MR) is 98.8 cm³/mol. The van der Waals surface area contributed by atoms with Gasteiger partial charge in [-0.15, -0.1) is 0 Å². The van der Waals surface area contributed by atoms with E-state index in [2.05, 4.69) is 0 Å². The molecule has 0 heterocycles. The zero-order valence-electron chi connectivity index (χ0n) is 14.9. The normalized spacial score (nSPS) is 10.7. The van der Waals surface area contributed by atoms with Crippen LogP contribution in [0.3, 0.4) is 0 Å². The lowest BCUT2D eigenvalue weighted by Gasteiger charge is -2.14. The highest BCUT2D eigenvalue weighted by Gasteiger charge is 2.23. The Morgan fingerprint density at radius 3 is 1.32 bits per heavy atom. The Hall–Kier alpha value is -1.78. The van der Waals surface area contributed by atoms with Crippen LogP contribution in [0.1, 0.15) is 36.7 Å². The van der Waals surface area contributed by atoms with Gasteiger partial charge in [0, 0.05) is 11.1 Å². The summed E-state index contributed by atoms with van der Waals surface area (Å²) in [6.45, 7) is 6.21. The zero-order chi connectivity index (χ0) is 18.5. The first-order chi connectivity index (χ1) is 12.1. The third kappa shape index (κ3) is 7.76. The molecule has 0 saturated heterocycles. The van der Waals surface area contributed by atoms with Crippen LogP contribution in [0, 0.1) is 0 Å². The molecule has 0 saturated carbocycles. The fourth-order valence-electron chi connectivity index (χ4n) is 1.93. The average molecular weight is 364 g/mol. The fraction of sp³-hybridized carbons (Fsp3) is 0.316. The second kappa shape index (κ2) is 11.7. The molecule has 0 N–H and O–H groups in total. The summed E-state index contributed by atoms with van der Waals surface area (Å²) in [5, 5.41) is 0. The highest BCUT2D eigenvalue weighted by atomic mass is 31.2. The van der Waals surface area contributed by atoms with Gasteiger partial charge in [0.25, 0.3) is 0 Å². The Labute approximate surface area is 149 Å². The van der Waals surface area contributed by atoms with Crippen molar-refractivity contribution in [2.45, 2.75) is 20.8 Å². The topological polar surface area (TPSA) is 61.8 Å². The van der Waals surface area contributed by atoms with Gasteiger partial charge in [-0.2, -0.15) is 0 Å². The van der Waals surface area contributed by atoms with Crippen LogP contribution in [0.5, 0.6) is 0 Å². The summed E-state index contributed by atoms with van der Waals surface area (Å²) >= 11 is 0. The minimum Gasteiger partial charge on any atom is -0.289 e. The van der Waals surface area contributed by atoms with Crippen LogP contribution in [-0.2, 0) is 18.1 Å². The lowest BCUT2D eigenvalue weighted by molar-refractivity contribution is 0.103. The molecule has 0 fully saturated rings. The minimum atomic E-state index is -3.22. The molecular weight excluding hydrogens is 339 g/mol. The van der Waals surface area contributed by atoms with Crippen LogP contribution < -0.4 is 0 Å². The number of benzene rings is 2. The summed E-state index contributed by atoms with van der Waals surface area (Å²) in [4.78, 5) is 11.8. The SMILES string of the molecule is CCOP(=O)(OCC)OCC.O=C(c1ccccc1)c1ccccc1. The van der Waals surface area contributed by atoms with Gasteiger partial charge >= 0.3 is 7.82 Å². The third-order valence-electron chi connectivity index (χ3n) is 2.93. The van der Waals surface area contributed by atoms with Crippen molar-refractivity contribution in [3.05, 3.63) is 71.8 Å². The standard InChI is InChI=1S/C13H10O.C6H15O4P/c14-13(11-7-3-1-4-8-11)12-9-5-2-6-10-12;1-4-8-11(7,9-5-2)10-6-3/h1-10H;4-6H2,1-3H3. The van der Waals surface area contributed by atoms with E-state index < -0.39 is 7.82 Å². The van der Waals surface area contributed by atoms with Crippen LogP contribution in [0.4, 0.5) is 0 Å². The van der Waals surface area contributed by atoms with Gasteiger partial charge in [0.2, 0.25) is 0 Å². The number of phosphoric acid groups is 1. The molecule has 136 valence electrons. The zero-order valence-corrected chi connectivity index (χ0v) is 15.8. The average Bonchev–Trinajstić information content (AvgIpc) is 2.64. The Morgan fingerprint density at radius 2 is 1.04 bits per heavy atom. The van der Waals surface area contributed by atoms with Crippen molar-refractivity contribution in [1.29, 1.82) is 0 Å². The molecule has 2 aromatic carbocycles. The summed E-state index contributed by atoms with van der Waals surface area (Å²) in [6.07, 6.45) is 0. The van der Waals surface area contributed by atoms with E-state index in [9.17, 15) is 9.36 Å². The number of hydrogen-bond acceptors (Lipinski definition) is 5. The second-order valence-corrected chi connectivity index (χ2v) is 6.43. The van der Waals surface area contributed by atoms with E-state index in [0.717, 1.165) is 11.1 Å². The van der Waals surface area contributed by atoms with Gasteiger partial charge in [-0.05, 0) is 20.8 Å². The number of ketones is 1. The van der Waals surface area contributed by atoms with Crippen LogP contribution in [0.2, 0.25) is 0 Å². The molecule has 0 radical (unpaired) electrons. The van der Waals surface area contributed by atoms with Gasteiger partial charge < -0.3 is 0 Å². The molecule has 0 bridgehead atoms. The Kier molecular flexibility index (Phi) is 9.97. The summed E-state index contributed by atoms with van der Waals surface area (Å²) < 4.78 is 25.8. The molecule has 0 unspecified atom stereocenters. The molecule has 5 nitrogen and oxygen atoms in total. The number of rotatable bonds is 8. The van der Waals surface area contributed by atoms with E-state index in [4.69, 9.17) is 13.6 Å². The number of phosphoric ester groups is 1. The van der Waals surface area contributed by atoms with Crippen molar-refractivity contribution in [3.8, 4) is 0 Å². The summed E-state index contributed by atoms with van der Waals surface area (Å²) in [7, 11) is -3.22. The first-order valence-corrected chi connectivity index (χ1v) is 9.70. The van der Waals surface area contributed by atoms with Crippen molar-refractivity contribution in [3.63, 3.8) is 0 Å². The van der Waals surface area contributed by atoms with Crippen LogP contribution in [0.15, 0.2) is 60.7 Å². The van der Waals surface area contributed by atoms with E-state index >= 15 is 0 Å². The quantitative estimate of drug-likeness (QED) is 0.480. The van der Waals surface area contributed by atoms with Crippen LogP contribution >= 0.6 is 7.82 Å². The maximum atomic E-state index is 11.8. The van der Waals surface area contributed by atoms with E-state index in [1.165, 1.54) is 0 Å². The molecule has 0 atom stereocenters. The molecule has 0 spiro atoms. The van der Waals surface area contributed by atoms with Crippen molar-refractivity contribution in [1.82, 2.24) is 0 Å². The van der Waals surface area contributed by atoms with E-state index in [1.54, 1.807) is 20.8 Å². The molecule has 0 aromatic heterocycles. The lowest BCUT2D eigenvalue weighted by atomic mass is 10.0. The first kappa shape index (κ1) is 21.3. The number of carbonyl (C=O) groups excluding carboxylic acids is 1. The van der Waals surface area contributed by atoms with Crippen molar-refractivity contribution in [2.24, 2.45) is 0 Å². The fourth-order valence-corrected chi connectivity index (χ4v) is 3.10. The van der Waals surface area contributed by atoms with Gasteiger partial charge in [-0.25, -0.2) is 4.57 Å². The van der Waals surface area contributed by atoms with Crippen molar-refractivity contribution >= 4 is 13.6 Å². The summed E-state index contributed by atoms with van der Waals surface area (Å²) in [6, 6.07) is 18.6. The molecule has 2 rings (SSSR count). The van der Waals surface area contributed by atoms with E-state index in [0.29, 0.717) is 19.8 Å². The highest BCUT2D eigenvalue weighted by molar-refractivity contribution is 7.48. The largest absolute Gasteiger partial charge is 0.474 e. The molecule has 0 aliphatic carbocycles. The molecule has 2 aromatic rings. The third-order valence-corrected chi connectivity index (χ3v) is 4.66. The Balaban J connectivity index is 0.000000260.